The molecule has 1 heterocycles. The van der Waals surface area contributed by atoms with Gasteiger partial charge in [0.2, 0.25) is 5.82 Å². The van der Waals surface area contributed by atoms with Crippen LogP contribution in [0, 0.1) is 6.92 Å². The summed E-state index contributed by atoms with van der Waals surface area (Å²) in [5.41, 5.74) is 7.36. The van der Waals surface area contributed by atoms with Gasteiger partial charge in [0.15, 0.2) is 0 Å². The van der Waals surface area contributed by atoms with E-state index in [2.05, 4.69) is 35.3 Å². The van der Waals surface area contributed by atoms with Crippen molar-refractivity contribution in [1.29, 1.82) is 0 Å². The molecule has 0 saturated carbocycles. The monoisotopic (exact) mass is 467 g/mol. The Labute approximate surface area is 205 Å². The number of benzene rings is 3. The number of aryl methyl sites for hydroxylation is 1. The fourth-order valence-electron chi connectivity index (χ4n) is 4.05. The quantitative estimate of drug-likeness (QED) is 0.374. The number of carboxylic acids is 1. The van der Waals surface area contributed by atoms with Crippen molar-refractivity contribution < 1.29 is 19.2 Å². The Morgan fingerprint density at radius 2 is 1.83 bits per heavy atom. The maximum Gasteiger partial charge on any atom is 0.317 e. The van der Waals surface area contributed by atoms with Crippen LogP contribution in [0.25, 0.3) is 34.0 Å². The molecule has 7 nitrogen and oxygen atoms in total. The lowest BCUT2D eigenvalue weighted by molar-refractivity contribution is -0.138. The summed E-state index contributed by atoms with van der Waals surface area (Å²) in [6, 6.07) is 19.8. The van der Waals surface area contributed by atoms with Gasteiger partial charge in [-0.25, -0.2) is 0 Å². The highest BCUT2D eigenvalue weighted by Crippen LogP contribution is 2.31. The van der Waals surface area contributed by atoms with Crippen LogP contribution < -0.4 is 5.46 Å². The number of carbonyl (C=O) groups is 1. The minimum atomic E-state index is -0.886. The summed E-state index contributed by atoms with van der Waals surface area (Å²) >= 11 is 0. The van der Waals surface area contributed by atoms with E-state index in [1.54, 1.807) is 25.1 Å². The number of likely N-dealkylation sites (N-methyl/N-ethyl adjacent to an activating group) is 1. The number of hydrogen-bond donors (Lipinski definition) is 1. The van der Waals surface area contributed by atoms with Gasteiger partial charge in [0.05, 0.1) is 13.2 Å². The topological polar surface area (TPSA) is 88.7 Å². The predicted octanol–water partition coefficient (Wildman–Crippen LogP) is 3.84. The lowest BCUT2D eigenvalue weighted by atomic mass is 9.88. The molecule has 4 rings (SSSR count). The number of methoxy groups -OCH3 is 1. The molecule has 35 heavy (non-hydrogen) atoms. The lowest BCUT2D eigenvalue weighted by Crippen LogP contribution is -2.27. The molecule has 0 aliphatic carbocycles. The molecule has 1 aromatic heterocycles. The molecule has 0 aliphatic rings. The van der Waals surface area contributed by atoms with Crippen molar-refractivity contribution in [3.05, 3.63) is 77.4 Å². The van der Waals surface area contributed by atoms with Gasteiger partial charge in [0, 0.05) is 24.8 Å². The van der Waals surface area contributed by atoms with Gasteiger partial charge in [-0.2, -0.15) is 4.98 Å². The van der Waals surface area contributed by atoms with Crippen LogP contribution in [0.3, 0.4) is 0 Å². The molecule has 4 aromatic rings. The average molecular weight is 467 g/mol. The second-order valence-electron chi connectivity index (χ2n) is 8.52. The normalized spacial score (nSPS) is 11.2. The predicted molar refractivity (Wildman–Crippen MR) is 135 cm³/mol. The summed E-state index contributed by atoms with van der Waals surface area (Å²) in [6.07, 6.45) is 0. The summed E-state index contributed by atoms with van der Waals surface area (Å²) in [5, 5.41) is 13.1. The summed E-state index contributed by atoms with van der Waals surface area (Å²) in [6.45, 7) is 2.90. The molecule has 0 spiro atoms. The van der Waals surface area contributed by atoms with Gasteiger partial charge in [-0.1, -0.05) is 59.2 Å². The molecule has 3 aromatic carbocycles. The standard InChI is InChI=1S/C27H26BN3O4/c1-17-6-4-5-7-22(17)23-11-10-19(12-21(23)16-34-3)27-29-26(30-35-27)18-8-9-20(24(28)13-18)14-31(2)15-25(32)33/h4-13H,14-16H2,1-3H3,(H,32,33). The van der Waals surface area contributed by atoms with Gasteiger partial charge in [-0.3, -0.25) is 9.69 Å². The van der Waals surface area contributed by atoms with Gasteiger partial charge in [-0.05, 0) is 53.9 Å². The first-order valence-electron chi connectivity index (χ1n) is 11.2. The van der Waals surface area contributed by atoms with Crippen molar-refractivity contribution in [3.8, 4) is 34.0 Å². The van der Waals surface area contributed by atoms with E-state index in [0.717, 1.165) is 33.4 Å². The molecule has 0 amide bonds. The first-order valence-corrected chi connectivity index (χ1v) is 11.2. The maximum atomic E-state index is 10.9. The van der Waals surface area contributed by atoms with Gasteiger partial charge in [0.25, 0.3) is 5.89 Å². The molecule has 1 N–H and O–H groups in total. The van der Waals surface area contributed by atoms with Crippen molar-refractivity contribution in [2.45, 2.75) is 20.1 Å². The van der Waals surface area contributed by atoms with Crippen molar-refractivity contribution in [2.75, 3.05) is 20.7 Å². The SMILES string of the molecule is [B]c1cc(-c2noc(-c3ccc(-c4ccccc4C)c(COC)c3)n2)ccc1CN(C)CC(=O)O. The number of rotatable bonds is 9. The smallest absolute Gasteiger partial charge is 0.317 e. The lowest BCUT2D eigenvalue weighted by Gasteiger charge is -2.16. The third-order valence-electron chi connectivity index (χ3n) is 5.76. The maximum absolute atomic E-state index is 10.9. The second-order valence-corrected chi connectivity index (χ2v) is 8.52. The third kappa shape index (κ3) is 5.67. The number of hydrogen-bond acceptors (Lipinski definition) is 6. The third-order valence-corrected chi connectivity index (χ3v) is 5.76. The van der Waals surface area contributed by atoms with E-state index in [4.69, 9.17) is 22.2 Å². The van der Waals surface area contributed by atoms with E-state index in [1.807, 2.05) is 36.4 Å². The summed E-state index contributed by atoms with van der Waals surface area (Å²) < 4.78 is 11.0. The van der Waals surface area contributed by atoms with E-state index >= 15 is 0 Å². The zero-order chi connectivity index (χ0) is 24.9. The van der Waals surface area contributed by atoms with E-state index in [9.17, 15) is 4.79 Å². The number of aromatic nitrogens is 2. The molecular formula is C27H26BN3O4. The van der Waals surface area contributed by atoms with Crippen LogP contribution in [0.2, 0.25) is 0 Å². The second kappa shape index (κ2) is 10.7. The zero-order valence-electron chi connectivity index (χ0n) is 20.0. The molecule has 176 valence electrons. The molecule has 2 radical (unpaired) electrons. The van der Waals surface area contributed by atoms with Gasteiger partial charge < -0.3 is 14.4 Å². The molecule has 8 heteroatoms. The fourth-order valence-corrected chi connectivity index (χ4v) is 4.05. The van der Waals surface area contributed by atoms with Crippen LogP contribution in [0.15, 0.2) is 65.2 Å². The number of ether oxygens (including phenoxy) is 1. The highest BCUT2D eigenvalue weighted by Gasteiger charge is 2.15. The van der Waals surface area contributed by atoms with Crippen molar-refractivity contribution in [1.82, 2.24) is 15.0 Å². The Morgan fingerprint density at radius 3 is 2.54 bits per heavy atom. The summed E-state index contributed by atoms with van der Waals surface area (Å²) in [4.78, 5) is 17.2. The minimum absolute atomic E-state index is 0.0664. The van der Waals surface area contributed by atoms with Crippen LogP contribution >= 0.6 is 0 Å². The molecular weight excluding hydrogens is 441 g/mol. The Hall–Kier alpha value is -3.75. The summed E-state index contributed by atoms with van der Waals surface area (Å²) in [5.74, 6) is -0.0615. The van der Waals surface area contributed by atoms with E-state index in [-0.39, 0.29) is 6.54 Å². The van der Waals surface area contributed by atoms with Gasteiger partial charge in [-0.15, -0.1) is 0 Å². The van der Waals surface area contributed by atoms with Crippen LogP contribution in [-0.2, 0) is 22.7 Å². The van der Waals surface area contributed by atoms with E-state index < -0.39 is 5.97 Å². The molecule has 0 unspecified atom stereocenters. The molecule has 0 atom stereocenters. The minimum Gasteiger partial charge on any atom is -0.480 e. The highest BCUT2D eigenvalue weighted by atomic mass is 16.5. The Bertz CT molecular complexity index is 1350. The molecule has 0 aliphatic heterocycles. The first kappa shape index (κ1) is 24.4. The number of carboxylic acid groups (broad SMARTS) is 1. The van der Waals surface area contributed by atoms with Crippen molar-refractivity contribution in [2.24, 2.45) is 0 Å². The Morgan fingerprint density at radius 1 is 1.06 bits per heavy atom. The van der Waals surface area contributed by atoms with Gasteiger partial charge >= 0.3 is 5.97 Å². The highest BCUT2D eigenvalue weighted by molar-refractivity contribution is 6.33. The van der Waals surface area contributed by atoms with E-state index in [1.165, 1.54) is 5.56 Å². The number of nitrogens with zero attached hydrogens (tertiary/aromatic N) is 3. The summed E-state index contributed by atoms with van der Waals surface area (Å²) in [7, 11) is 9.62. The van der Waals surface area contributed by atoms with Crippen LogP contribution in [0.1, 0.15) is 16.7 Å². The van der Waals surface area contributed by atoms with Crippen LogP contribution in [0.5, 0.6) is 0 Å². The van der Waals surface area contributed by atoms with Crippen molar-refractivity contribution in [3.63, 3.8) is 0 Å². The van der Waals surface area contributed by atoms with Crippen LogP contribution in [0.4, 0.5) is 0 Å². The Balaban J connectivity index is 1.60. The molecule has 0 fully saturated rings. The first-order chi connectivity index (χ1) is 16.9. The Kier molecular flexibility index (Phi) is 7.44. The number of aliphatic carboxylic acids is 1. The zero-order valence-corrected chi connectivity index (χ0v) is 20.0. The molecule has 0 bridgehead atoms. The fraction of sp³-hybridized carbons (Fsp3) is 0.222. The van der Waals surface area contributed by atoms with Crippen LogP contribution in [-0.4, -0.2) is 54.7 Å². The van der Waals surface area contributed by atoms with Crippen molar-refractivity contribution >= 4 is 19.3 Å². The molecule has 0 saturated heterocycles. The largest absolute Gasteiger partial charge is 0.480 e. The average Bonchev–Trinajstić information content (AvgIpc) is 3.31. The van der Waals surface area contributed by atoms with E-state index in [0.29, 0.717) is 30.3 Å². The van der Waals surface area contributed by atoms with Gasteiger partial charge in [0.1, 0.15) is 7.85 Å².